The molecule has 158 valence electrons. The molecule has 2 rings (SSSR count). The third-order valence-corrected chi connectivity index (χ3v) is 4.07. The smallest absolute Gasteiger partial charge is 0.338 e. The van der Waals surface area contributed by atoms with Crippen LogP contribution in [0.25, 0.3) is 0 Å². The Labute approximate surface area is 174 Å². The highest BCUT2D eigenvalue weighted by molar-refractivity contribution is 5.95. The number of methoxy groups -OCH3 is 1. The summed E-state index contributed by atoms with van der Waals surface area (Å²) in [6.07, 6.45) is -0.147. The van der Waals surface area contributed by atoms with Crippen LogP contribution in [0, 0.1) is 0 Å². The van der Waals surface area contributed by atoms with Crippen LogP contribution in [0.15, 0.2) is 42.5 Å². The lowest BCUT2D eigenvalue weighted by atomic mass is 10.0. The van der Waals surface area contributed by atoms with E-state index < -0.39 is 24.5 Å². The molecule has 2 aromatic rings. The fraction of sp³-hybridized carbons (Fsp3) is 0.273. The van der Waals surface area contributed by atoms with Crippen molar-refractivity contribution in [3.63, 3.8) is 0 Å². The lowest BCUT2D eigenvalue weighted by Gasteiger charge is -2.10. The van der Waals surface area contributed by atoms with E-state index in [4.69, 9.17) is 14.2 Å². The van der Waals surface area contributed by atoms with Crippen molar-refractivity contribution in [3.8, 4) is 5.75 Å². The highest BCUT2D eigenvalue weighted by Gasteiger charge is 2.14. The summed E-state index contributed by atoms with van der Waals surface area (Å²) >= 11 is 0. The molecule has 0 aliphatic carbocycles. The zero-order chi connectivity index (χ0) is 22.1. The van der Waals surface area contributed by atoms with Gasteiger partial charge >= 0.3 is 11.9 Å². The van der Waals surface area contributed by atoms with Crippen LogP contribution in [-0.2, 0) is 25.5 Å². The maximum Gasteiger partial charge on any atom is 0.338 e. The van der Waals surface area contributed by atoms with Gasteiger partial charge in [0.15, 0.2) is 12.4 Å². The molecule has 0 heterocycles. The lowest BCUT2D eigenvalue weighted by Crippen LogP contribution is -2.21. The predicted octanol–water partition coefficient (Wildman–Crippen LogP) is 2.80. The third-order valence-electron chi connectivity index (χ3n) is 4.07. The summed E-state index contributed by atoms with van der Waals surface area (Å²) in [5.74, 6) is -1.31. The van der Waals surface area contributed by atoms with Gasteiger partial charge in [-0.25, -0.2) is 4.79 Å². The first-order valence-corrected chi connectivity index (χ1v) is 9.24. The van der Waals surface area contributed by atoms with Crippen LogP contribution < -0.4 is 10.1 Å². The number of ketones is 1. The minimum Gasteiger partial charge on any atom is -0.496 e. The first-order chi connectivity index (χ1) is 14.3. The molecule has 8 heteroatoms. The molecule has 0 radical (unpaired) electrons. The zero-order valence-electron chi connectivity index (χ0n) is 17.0. The number of hydrogen-bond acceptors (Lipinski definition) is 7. The van der Waals surface area contributed by atoms with Crippen molar-refractivity contribution in [2.45, 2.75) is 20.3 Å². The average Bonchev–Trinajstić information content (AvgIpc) is 2.73. The molecule has 30 heavy (non-hydrogen) atoms. The van der Waals surface area contributed by atoms with Crippen molar-refractivity contribution < 1.29 is 33.4 Å². The topological polar surface area (TPSA) is 108 Å². The normalized spacial score (nSPS) is 10.1. The van der Waals surface area contributed by atoms with Crippen LogP contribution in [0.4, 0.5) is 5.69 Å². The second-order valence-electron chi connectivity index (χ2n) is 6.27. The van der Waals surface area contributed by atoms with Crippen LogP contribution in [0.5, 0.6) is 5.75 Å². The summed E-state index contributed by atoms with van der Waals surface area (Å²) in [5, 5.41) is 2.57. The molecule has 0 unspecified atom stereocenters. The van der Waals surface area contributed by atoms with Gasteiger partial charge < -0.3 is 19.5 Å². The standard InChI is InChI=1S/C22H23NO7/c1-4-29-22(27)15-5-8-18(9-6-15)23-20(25)13-30-21(26)12-17-11-16(14(2)24)7-10-19(17)28-3/h5-11H,4,12-13H2,1-3H3,(H,23,25). The van der Waals surface area contributed by atoms with Crippen molar-refractivity contribution in [2.24, 2.45) is 0 Å². The van der Waals surface area contributed by atoms with Crippen LogP contribution in [-0.4, -0.2) is 44.0 Å². The molecular formula is C22H23NO7. The molecule has 0 aliphatic heterocycles. The first kappa shape index (κ1) is 22.6. The Bertz CT molecular complexity index is 935. The molecule has 0 saturated heterocycles. The SMILES string of the molecule is CCOC(=O)c1ccc(NC(=O)COC(=O)Cc2cc(C(C)=O)ccc2OC)cc1. The zero-order valence-corrected chi connectivity index (χ0v) is 17.0. The molecule has 0 aromatic heterocycles. The second kappa shape index (κ2) is 10.8. The maximum atomic E-state index is 12.1. The maximum absolute atomic E-state index is 12.1. The van der Waals surface area contributed by atoms with Gasteiger partial charge in [0, 0.05) is 16.8 Å². The number of ether oxygens (including phenoxy) is 3. The highest BCUT2D eigenvalue weighted by Crippen LogP contribution is 2.21. The van der Waals surface area contributed by atoms with Gasteiger partial charge in [0.1, 0.15) is 5.75 Å². The number of esters is 2. The van der Waals surface area contributed by atoms with Crippen molar-refractivity contribution in [1.29, 1.82) is 0 Å². The molecule has 0 bridgehead atoms. The Kier molecular flexibility index (Phi) is 8.10. The van der Waals surface area contributed by atoms with E-state index in [2.05, 4.69) is 5.32 Å². The number of Topliss-reactive ketones (excluding diaryl/α,β-unsaturated/α-hetero) is 1. The van der Waals surface area contributed by atoms with Crippen LogP contribution >= 0.6 is 0 Å². The minimum absolute atomic E-state index is 0.138. The van der Waals surface area contributed by atoms with Crippen molar-refractivity contribution in [2.75, 3.05) is 25.6 Å². The van der Waals surface area contributed by atoms with E-state index in [1.807, 2.05) is 0 Å². The van der Waals surface area contributed by atoms with Gasteiger partial charge in [0.05, 0.1) is 25.7 Å². The molecule has 1 N–H and O–H groups in total. The third kappa shape index (κ3) is 6.44. The Morgan fingerprint density at radius 2 is 1.60 bits per heavy atom. The quantitative estimate of drug-likeness (QED) is 0.497. The molecular weight excluding hydrogens is 390 g/mol. The minimum atomic E-state index is -0.637. The number of rotatable bonds is 9. The van der Waals surface area contributed by atoms with Crippen LogP contribution in [0.2, 0.25) is 0 Å². The fourth-order valence-corrected chi connectivity index (χ4v) is 2.59. The Balaban J connectivity index is 1.89. The molecule has 8 nitrogen and oxygen atoms in total. The summed E-state index contributed by atoms with van der Waals surface area (Å²) in [6.45, 7) is 2.93. The van der Waals surface area contributed by atoms with E-state index in [0.717, 1.165) is 0 Å². The number of hydrogen-bond donors (Lipinski definition) is 1. The average molecular weight is 413 g/mol. The van der Waals surface area contributed by atoms with E-state index in [0.29, 0.717) is 28.1 Å². The fourth-order valence-electron chi connectivity index (χ4n) is 2.59. The van der Waals surface area contributed by atoms with Crippen molar-refractivity contribution >= 4 is 29.3 Å². The Hall–Kier alpha value is -3.68. The molecule has 0 spiro atoms. The summed E-state index contributed by atoms with van der Waals surface area (Å²) in [7, 11) is 1.46. The van der Waals surface area contributed by atoms with Crippen molar-refractivity contribution in [1.82, 2.24) is 0 Å². The lowest BCUT2D eigenvalue weighted by molar-refractivity contribution is -0.146. The van der Waals surface area contributed by atoms with Gasteiger partial charge in [0.2, 0.25) is 0 Å². The molecule has 0 atom stereocenters. The molecule has 1 amide bonds. The summed E-state index contributed by atoms with van der Waals surface area (Å²) in [5.41, 5.74) is 1.75. The predicted molar refractivity (Wildman–Crippen MR) is 109 cm³/mol. The summed E-state index contributed by atoms with van der Waals surface area (Å²) < 4.78 is 15.1. The van der Waals surface area contributed by atoms with Gasteiger partial charge in [-0.3, -0.25) is 14.4 Å². The number of carbonyl (C=O) groups excluding carboxylic acids is 4. The molecule has 0 aliphatic rings. The number of anilines is 1. The number of amides is 1. The van der Waals surface area contributed by atoms with E-state index >= 15 is 0 Å². The molecule has 0 fully saturated rings. The Morgan fingerprint density at radius 1 is 0.933 bits per heavy atom. The molecule has 2 aromatic carbocycles. The van der Waals surface area contributed by atoms with E-state index in [9.17, 15) is 19.2 Å². The largest absolute Gasteiger partial charge is 0.496 e. The monoisotopic (exact) mass is 413 g/mol. The first-order valence-electron chi connectivity index (χ1n) is 9.24. The van der Waals surface area contributed by atoms with Gasteiger partial charge in [0.25, 0.3) is 5.91 Å². The van der Waals surface area contributed by atoms with Gasteiger partial charge in [-0.2, -0.15) is 0 Å². The number of carbonyl (C=O) groups is 4. The van der Waals surface area contributed by atoms with Crippen molar-refractivity contribution in [3.05, 3.63) is 59.2 Å². The highest BCUT2D eigenvalue weighted by atomic mass is 16.5. The Morgan fingerprint density at radius 3 is 2.20 bits per heavy atom. The summed E-state index contributed by atoms with van der Waals surface area (Å²) in [4.78, 5) is 47.3. The summed E-state index contributed by atoms with van der Waals surface area (Å²) in [6, 6.07) is 10.9. The van der Waals surface area contributed by atoms with Crippen LogP contribution in [0.1, 0.15) is 40.1 Å². The van der Waals surface area contributed by atoms with Gasteiger partial charge in [-0.05, 0) is 56.3 Å². The van der Waals surface area contributed by atoms with E-state index in [-0.39, 0.29) is 18.8 Å². The van der Waals surface area contributed by atoms with E-state index in [1.54, 1.807) is 37.3 Å². The van der Waals surface area contributed by atoms with Gasteiger partial charge in [-0.1, -0.05) is 0 Å². The second-order valence-corrected chi connectivity index (χ2v) is 6.27. The van der Waals surface area contributed by atoms with Gasteiger partial charge in [-0.15, -0.1) is 0 Å². The van der Waals surface area contributed by atoms with Crippen LogP contribution in [0.3, 0.4) is 0 Å². The van der Waals surface area contributed by atoms with E-state index in [1.165, 1.54) is 26.2 Å². The number of benzene rings is 2. The number of nitrogens with one attached hydrogen (secondary N) is 1. The molecule has 0 saturated carbocycles.